The van der Waals surface area contributed by atoms with Gasteiger partial charge in [-0.05, 0) is 30.5 Å². The van der Waals surface area contributed by atoms with Gasteiger partial charge in [0.25, 0.3) is 0 Å². The Balaban J connectivity index is 2.01. The lowest BCUT2D eigenvalue weighted by atomic mass is 10.1. The first kappa shape index (κ1) is 8.92. The van der Waals surface area contributed by atoms with Crippen molar-refractivity contribution in [2.75, 3.05) is 0 Å². The van der Waals surface area contributed by atoms with Gasteiger partial charge in [-0.15, -0.1) is 0 Å². The molecule has 0 atom stereocenters. The molecule has 0 spiro atoms. The second-order valence-electron chi connectivity index (χ2n) is 4.58. The van der Waals surface area contributed by atoms with Crippen LogP contribution in [0.25, 0.3) is 11.0 Å². The second-order valence-corrected chi connectivity index (χ2v) is 4.58. The van der Waals surface area contributed by atoms with Crippen LogP contribution in [-0.4, -0.2) is 20.3 Å². The lowest BCUT2D eigenvalue weighted by molar-refractivity contribution is 0.151. The SMILES string of the molecule is Cn1cnc2ccc(CC3(O)CC3)cc21. The predicted molar refractivity (Wildman–Crippen MR) is 58.6 cm³/mol. The van der Waals surface area contributed by atoms with Gasteiger partial charge in [0.15, 0.2) is 0 Å². The van der Waals surface area contributed by atoms with Crippen LogP contribution in [0.3, 0.4) is 0 Å². The van der Waals surface area contributed by atoms with E-state index in [2.05, 4.69) is 17.1 Å². The fraction of sp³-hybridized carbons (Fsp3) is 0.417. The van der Waals surface area contributed by atoms with E-state index in [4.69, 9.17) is 0 Å². The number of hydrogen-bond donors (Lipinski definition) is 1. The number of fused-ring (bicyclic) bond motifs is 1. The van der Waals surface area contributed by atoms with Crippen molar-refractivity contribution in [2.24, 2.45) is 7.05 Å². The number of aryl methyl sites for hydroxylation is 1. The van der Waals surface area contributed by atoms with Crippen molar-refractivity contribution < 1.29 is 5.11 Å². The molecular formula is C12H14N2O. The zero-order valence-corrected chi connectivity index (χ0v) is 8.77. The van der Waals surface area contributed by atoms with Crippen LogP contribution in [0.15, 0.2) is 24.5 Å². The van der Waals surface area contributed by atoms with E-state index >= 15 is 0 Å². The molecule has 0 amide bonds. The maximum atomic E-state index is 9.85. The summed E-state index contributed by atoms with van der Waals surface area (Å²) in [5, 5.41) is 9.85. The summed E-state index contributed by atoms with van der Waals surface area (Å²) in [7, 11) is 1.99. The molecule has 0 unspecified atom stereocenters. The highest BCUT2D eigenvalue weighted by Gasteiger charge is 2.40. The molecule has 0 radical (unpaired) electrons. The Morgan fingerprint density at radius 2 is 2.27 bits per heavy atom. The third-order valence-corrected chi connectivity index (χ3v) is 3.15. The van der Waals surface area contributed by atoms with Gasteiger partial charge in [0.05, 0.1) is 23.0 Å². The van der Waals surface area contributed by atoms with Crippen LogP contribution >= 0.6 is 0 Å². The van der Waals surface area contributed by atoms with Crippen molar-refractivity contribution in [1.29, 1.82) is 0 Å². The Morgan fingerprint density at radius 1 is 1.47 bits per heavy atom. The summed E-state index contributed by atoms with van der Waals surface area (Å²) >= 11 is 0. The van der Waals surface area contributed by atoms with E-state index in [0.29, 0.717) is 0 Å². The zero-order chi connectivity index (χ0) is 10.5. The van der Waals surface area contributed by atoms with Crippen LogP contribution in [0.2, 0.25) is 0 Å². The average molecular weight is 202 g/mol. The van der Waals surface area contributed by atoms with Gasteiger partial charge in [-0.3, -0.25) is 0 Å². The summed E-state index contributed by atoms with van der Waals surface area (Å²) in [6.07, 6.45) is 4.47. The number of nitrogens with zero attached hydrogens (tertiary/aromatic N) is 2. The molecule has 0 bridgehead atoms. The Morgan fingerprint density at radius 3 is 3.00 bits per heavy atom. The second kappa shape index (κ2) is 2.83. The number of aromatic nitrogens is 2. The molecule has 15 heavy (non-hydrogen) atoms. The van der Waals surface area contributed by atoms with E-state index in [1.54, 1.807) is 0 Å². The highest BCUT2D eigenvalue weighted by Crippen LogP contribution is 2.38. The molecule has 0 aliphatic heterocycles. The Bertz CT molecular complexity index is 511. The Hall–Kier alpha value is -1.35. The van der Waals surface area contributed by atoms with Gasteiger partial charge in [-0.1, -0.05) is 6.07 Å². The number of aliphatic hydroxyl groups is 1. The highest BCUT2D eigenvalue weighted by molar-refractivity contribution is 5.76. The maximum Gasteiger partial charge on any atom is 0.0955 e. The number of hydrogen-bond acceptors (Lipinski definition) is 2. The monoisotopic (exact) mass is 202 g/mol. The fourth-order valence-corrected chi connectivity index (χ4v) is 1.98. The molecule has 1 saturated carbocycles. The number of rotatable bonds is 2. The molecule has 2 aromatic rings. The highest BCUT2D eigenvalue weighted by atomic mass is 16.3. The summed E-state index contributed by atoms with van der Waals surface area (Å²) in [5.41, 5.74) is 2.94. The molecular weight excluding hydrogens is 188 g/mol. The van der Waals surface area contributed by atoms with E-state index in [9.17, 15) is 5.11 Å². The first-order valence-corrected chi connectivity index (χ1v) is 5.29. The minimum atomic E-state index is -0.410. The van der Waals surface area contributed by atoms with Crippen LogP contribution < -0.4 is 0 Å². The average Bonchev–Trinajstić information content (AvgIpc) is 2.82. The number of benzene rings is 1. The molecule has 0 saturated heterocycles. The van der Waals surface area contributed by atoms with E-state index in [1.807, 2.05) is 24.0 Å². The van der Waals surface area contributed by atoms with Crippen LogP contribution in [-0.2, 0) is 13.5 Å². The smallest absolute Gasteiger partial charge is 0.0955 e. The molecule has 1 aromatic carbocycles. The standard InChI is InChI=1S/C12H14N2O/c1-14-8-13-10-3-2-9(6-11(10)14)7-12(15)4-5-12/h2-3,6,8,15H,4-5,7H2,1H3. The fourth-order valence-electron chi connectivity index (χ4n) is 1.98. The van der Waals surface area contributed by atoms with E-state index in [0.717, 1.165) is 30.3 Å². The molecule has 1 aliphatic rings. The van der Waals surface area contributed by atoms with E-state index in [1.165, 1.54) is 5.56 Å². The number of imidazole rings is 1. The predicted octanol–water partition coefficient (Wildman–Crippen LogP) is 1.64. The molecule has 3 heteroatoms. The Kier molecular flexibility index (Phi) is 1.68. The summed E-state index contributed by atoms with van der Waals surface area (Å²) in [6.45, 7) is 0. The van der Waals surface area contributed by atoms with Crippen LogP contribution in [0.1, 0.15) is 18.4 Å². The third kappa shape index (κ3) is 1.53. The summed E-state index contributed by atoms with van der Waals surface area (Å²) < 4.78 is 2.01. The van der Waals surface area contributed by atoms with Crippen molar-refractivity contribution in [3.05, 3.63) is 30.1 Å². The van der Waals surface area contributed by atoms with Gasteiger partial charge in [0.2, 0.25) is 0 Å². The van der Waals surface area contributed by atoms with Crippen molar-refractivity contribution in [3.8, 4) is 0 Å². The van der Waals surface area contributed by atoms with Gasteiger partial charge in [0, 0.05) is 13.5 Å². The molecule has 1 heterocycles. The largest absolute Gasteiger partial charge is 0.390 e. The first-order valence-electron chi connectivity index (χ1n) is 5.29. The third-order valence-electron chi connectivity index (χ3n) is 3.15. The molecule has 1 fully saturated rings. The van der Waals surface area contributed by atoms with Gasteiger partial charge < -0.3 is 9.67 Å². The molecule has 1 aliphatic carbocycles. The van der Waals surface area contributed by atoms with Gasteiger partial charge in [-0.25, -0.2) is 4.98 Å². The summed E-state index contributed by atoms with van der Waals surface area (Å²) in [4.78, 5) is 4.27. The van der Waals surface area contributed by atoms with Gasteiger partial charge in [-0.2, -0.15) is 0 Å². The topological polar surface area (TPSA) is 38.0 Å². The Labute approximate surface area is 88.4 Å². The van der Waals surface area contributed by atoms with Crippen molar-refractivity contribution in [3.63, 3.8) is 0 Å². The van der Waals surface area contributed by atoms with Gasteiger partial charge in [0.1, 0.15) is 0 Å². The van der Waals surface area contributed by atoms with Crippen molar-refractivity contribution >= 4 is 11.0 Å². The lowest BCUT2D eigenvalue weighted by Gasteiger charge is -2.07. The molecule has 1 N–H and O–H groups in total. The molecule has 78 valence electrons. The molecule has 3 rings (SSSR count). The lowest BCUT2D eigenvalue weighted by Crippen LogP contribution is -2.10. The van der Waals surface area contributed by atoms with E-state index in [-0.39, 0.29) is 0 Å². The first-order chi connectivity index (χ1) is 7.16. The minimum absolute atomic E-state index is 0.410. The molecule has 1 aromatic heterocycles. The van der Waals surface area contributed by atoms with Crippen LogP contribution in [0.4, 0.5) is 0 Å². The van der Waals surface area contributed by atoms with Crippen molar-refractivity contribution in [1.82, 2.24) is 9.55 Å². The molecule has 3 nitrogen and oxygen atoms in total. The van der Waals surface area contributed by atoms with Gasteiger partial charge >= 0.3 is 0 Å². The maximum absolute atomic E-state index is 9.85. The van der Waals surface area contributed by atoms with Crippen molar-refractivity contribution in [2.45, 2.75) is 24.9 Å². The van der Waals surface area contributed by atoms with E-state index < -0.39 is 5.60 Å². The van der Waals surface area contributed by atoms with Crippen LogP contribution in [0, 0.1) is 0 Å². The zero-order valence-electron chi connectivity index (χ0n) is 8.77. The normalized spacial score (nSPS) is 18.3. The summed E-state index contributed by atoms with van der Waals surface area (Å²) in [6, 6.07) is 6.21. The quantitative estimate of drug-likeness (QED) is 0.804. The minimum Gasteiger partial charge on any atom is -0.390 e. The van der Waals surface area contributed by atoms with Crippen LogP contribution in [0.5, 0.6) is 0 Å². The summed E-state index contributed by atoms with van der Waals surface area (Å²) in [5.74, 6) is 0.